The van der Waals surface area contributed by atoms with Crippen molar-refractivity contribution in [2.45, 2.75) is 98.1 Å². The van der Waals surface area contributed by atoms with E-state index >= 15 is 0 Å². The van der Waals surface area contributed by atoms with Gasteiger partial charge in [0.2, 0.25) is 0 Å². The second kappa shape index (κ2) is 15.0. The van der Waals surface area contributed by atoms with Gasteiger partial charge in [-0.25, -0.2) is 26.4 Å². The second-order valence-electron chi connectivity index (χ2n) is 14.9. The third-order valence-corrected chi connectivity index (χ3v) is 14.3. The van der Waals surface area contributed by atoms with Crippen LogP contribution in [0.25, 0.3) is 0 Å². The Kier molecular flexibility index (Phi) is 11.8. The number of aryl methyl sites for hydroxylation is 1. The van der Waals surface area contributed by atoms with Crippen molar-refractivity contribution >= 4 is 54.6 Å². The number of amides is 2. The van der Waals surface area contributed by atoms with Crippen LogP contribution in [-0.4, -0.2) is 83.0 Å². The zero-order valence-corrected chi connectivity index (χ0v) is 32.5. The highest BCUT2D eigenvalue weighted by Crippen LogP contribution is 2.46. The van der Waals surface area contributed by atoms with Gasteiger partial charge in [-0.05, 0) is 120 Å². The number of rotatable bonds is 12. The molecule has 2 unspecified atom stereocenters. The molecule has 2 N–H and O–H groups in total. The number of ether oxygens (including phenoxy) is 2. The number of nitrogens with one attached hydrogen (secondary N) is 2. The smallest absolute Gasteiger partial charge is 0.411 e. The van der Waals surface area contributed by atoms with Crippen molar-refractivity contribution in [2.24, 2.45) is 0 Å². The number of hydrogen-bond acceptors (Lipinski definition) is 10. The van der Waals surface area contributed by atoms with Crippen molar-refractivity contribution in [2.75, 3.05) is 63.3 Å². The molecule has 278 valence electrons. The van der Waals surface area contributed by atoms with E-state index in [-0.39, 0.29) is 22.9 Å². The number of nitrogens with zero attached hydrogens (tertiary/aromatic N) is 2. The molecule has 0 fully saturated rings. The van der Waals surface area contributed by atoms with E-state index in [1.54, 1.807) is 6.07 Å². The Morgan fingerprint density at radius 3 is 1.76 bits per heavy atom. The third-order valence-electron chi connectivity index (χ3n) is 9.85. The molecular formula is C36H54N4O8S2. The third kappa shape index (κ3) is 9.22. The van der Waals surface area contributed by atoms with Gasteiger partial charge < -0.3 is 19.3 Å². The zero-order valence-electron chi connectivity index (χ0n) is 30.9. The molecule has 2 heterocycles. The van der Waals surface area contributed by atoms with Crippen LogP contribution in [0.2, 0.25) is 0 Å². The van der Waals surface area contributed by atoms with Crippen molar-refractivity contribution in [1.29, 1.82) is 0 Å². The molecule has 2 aromatic rings. The lowest BCUT2D eigenvalue weighted by molar-refractivity contribution is 0.167. The maximum atomic E-state index is 12.6. The van der Waals surface area contributed by atoms with Crippen LogP contribution >= 0.6 is 0 Å². The van der Waals surface area contributed by atoms with Crippen molar-refractivity contribution in [3.8, 4) is 0 Å². The molecule has 2 aliphatic heterocycles. The maximum Gasteiger partial charge on any atom is 0.411 e. The molecule has 2 atom stereocenters. The first-order chi connectivity index (χ1) is 23.2. The lowest BCUT2D eigenvalue weighted by atomic mass is 9.79. The summed E-state index contributed by atoms with van der Waals surface area (Å²) in [4.78, 5) is 29.7. The van der Waals surface area contributed by atoms with Crippen LogP contribution < -0.4 is 20.4 Å². The summed E-state index contributed by atoms with van der Waals surface area (Å²) in [6.45, 7) is 19.9. The van der Waals surface area contributed by atoms with Crippen molar-refractivity contribution < 1.29 is 35.9 Å². The normalized spacial score (nSPS) is 19.6. The summed E-state index contributed by atoms with van der Waals surface area (Å²) in [5.41, 5.74) is 6.39. The number of hydrogen-bond donors (Lipinski definition) is 2. The molecule has 50 heavy (non-hydrogen) atoms. The Labute approximate surface area is 298 Å². The molecule has 0 aromatic heterocycles. The lowest BCUT2D eigenvalue weighted by Gasteiger charge is -2.47. The quantitative estimate of drug-likeness (QED) is 0.238. The molecule has 0 bridgehead atoms. The zero-order chi connectivity index (χ0) is 37.2. The minimum Gasteiger partial charge on any atom is -0.448 e. The molecular weight excluding hydrogens is 681 g/mol. The van der Waals surface area contributed by atoms with Gasteiger partial charge in [-0.2, -0.15) is 0 Å². The largest absolute Gasteiger partial charge is 0.448 e. The van der Waals surface area contributed by atoms with E-state index in [1.807, 2.05) is 31.2 Å². The van der Waals surface area contributed by atoms with E-state index in [1.165, 1.54) is 0 Å². The molecule has 0 aliphatic carbocycles. The maximum absolute atomic E-state index is 12.6. The van der Waals surface area contributed by atoms with Gasteiger partial charge in [0.15, 0.2) is 24.8 Å². The molecule has 0 radical (unpaired) electrons. The van der Waals surface area contributed by atoms with E-state index in [0.717, 1.165) is 54.0 Å². The Balaban J connectivity index is 1.23. The molecule has 2 aliphatic rings. The lowest BCUT2D eigenvalue weighted by Crippen LogP contribution is -2.48. The average Bonchev–Trinajstić information content (AvgIpc) is 2.97. The van der Waals surface area contributed by atoms with Crippen LogP contribution in [0.5, 0.6) is 0 Å². The molecule has 2 aromatic carbocycles. The van der Waals surface area contributed by atoms with Gasteiger partial charge in [-0.1, -0.05) is 13.8 Å². The van der Waals surface area contributed by atoms with Gasteiger partial charge in [-0.3, -0.25) is 10.6 Å². The fraction of sp³-hybridized carbons (Fsp3) is 0.611. The van der Waals surface area contributed by atoms with E-state index in [2.05, 4.69) is 75.8 Å². The second-order valence-corrected chi connectivity index (χ2v) is 19.6. The highest BCUT2D eigenvalue weighted by Gasteiger charge is 2.37. The summed E-state index contributed by atoms with van der Waals surface area (Å²) in [5, 5.41) is 4.18. The van der Waals surface area contributed by atoms with E-state index in [9.17, 15) is 26.4 Å². The van der Waals surface area contributed by atoms with Gasteiger partial charge in [0.25, 0.3) is 0 Å². The highest BCUT2D eigenvalue weighted by atomic mass is 32.3. The van der Waals surface area contributed by atoms with Crippen LogP contribution in [-0.2, 0) is 29.1 Å². The number of fused-ring (bicyclic) bond motifs is 2. The standard InChI is InChI=1S/C36H54N4O8S2/c1-10-39-31-13-12-27(19-28(31)25(4)21-35(39,6)7)37-33(41)47-14-16-49(43,44)23-50(45,46)17-15-48-34(42)38-30-20-29-26(5)22-36(8,9)40(11-2)32(29)18-24(30)3/h12-13,18-20,25-26H,10-11,14-17,21-23H2,1-9H3,(H,37,41)(H,38,42). The Morgan fingerprint density at radius 2 is 1.24 bits per heavy atom. The summed E-state index contributed by atoms with van der Waals surface area (Å²) in [6, 6.07) is 9.62. The number of sulfone groups is 2. The fourth-order valence-corrected chi connectivity index (χ4v) is 11.6. The van der Waals surface area contributed by atoms with Crippen molar-refractivity contribution in [3.05, 3.63) is 47.0 Å². The number of carbonyl (C=O) groups is 2. The van der Waals surface area contributed by atoms with Gasteiger partial charge in [0, 0.05) is 46.9 Å². The van der Waals surface area contributed by atoms with Gasteiger partial charge in [0.1, 0.15) is 13.2 Å². The minimum absolute atomic E-state index is 0.00116. The first-order valence-corrected chi connectivity index (χ1v) is 20.9. The Bertz CT molecular complexity index is 1810. The van der Waals surface area contributed by atoms with Crippen LogP contribution in [0.4, 0.5) is 32.3 Å². The Morgan fingerprint density at radius 1 is 0.760 bits per heavy atom. The highest BCUT2D eigenvalue weighted by molar-refractivity contribution is 8.08. The van der Waals surface area contributed by atoms with Crippen LogP contribution in [0.15, 0.2) is 30.3 Å². The molecule has 2 amide bonds. The van der Waals surface area contributed by atoms with Crippen LogP contribution in [0, 0.1) is 6.92 Å². The van der Waals surface area contributed by atoms with Gasteiger partial charge in [-0.15, -0.1) is 0 Å². The van der Waals surface area contributed by atoms with Crippen molar-refractivity contribution in [3.63, 3.8) is 0 Å². The van der Waals surface area contributed by atoms with Gasteiger partial charge in [0.05, 0.1) is 11.5 Å². The predicted molar refractivity (Wildman–Crippen MR) is 200 cm³/mol. The number of anilines is 4. The summed E-state index contributed by atoms with van der Waals surface area (Å²) < 4.78 is 60.5. The topological polar surface area (TPSA) is 151 Å². The number of carbonyl (C=O) groups excluding carboxylic acids is 2. The molecule has 0 saturated carbocycles. The van der Waals surface area contributed by atoms with Gasteiger partial charge >= 0.3 is 12.2 Å². The predicted octanol–water partition coefficient (Wildman–Crippen LogP) is 6.80. The van der Waals surface area contributed by atoms with Crippen molar-refractivity contribution in [1.82, 2.24) is 0 Å². The molecule has 0 spiro atoms. The van der Waals surface area contributed by atoms with Crippen LogP contribution in [0.1, 0.15) is 96.8 Å². The van der Waals surface area contributed by atoms with E-state index in [4.69, 9.17) is 9.47 Å². The van der Waals surface area contributed by atoms with Crippen LogP contribution in [0.3, 0.4) is 0 Å². The average molecular weight is 735 g/mol. The first-order valence-electron chi connectivity index (χ1n) is 17.3. The van der Waals surface area contributed by atoms with E-state index in [0.29, 0.717) is 11.4 Å². The molecule has 12 nitrogen and oxygen atoms in total. The molecule has 14 heteroatoms. The first kappa shape index (κ1) is 39.3. The summed E-state index contributed by atoms with van der Waals surface area (Å²) in [6.07, 6.45) is 0.231. The summed E-state index contributed by atoms with van der Waals surface area (Å²) in [5.74, 6) is -0.809. The summed E-state index contributed by atoms with van der Waals surface area (Å²) in [7, 11) is -8.28. The minimum atomic E-state index is -4.14. The molecule has 4 rings (SSSR count). The summed E-state index contributed by atoms with van der Waals surface area (Å²) >= 11 is 0. The number of benzene rings is 2. The molecule has 0 saturated heterocycles. The SMILES string of the molecule is CCN1c2ccc(NC(=O)OCCS(=O)(=O)CS(=O)(=O)CCOC(=O)Nc3cc4c(cc3C)N(CC)C(C)(C)CC4C)cc2C(C)CC1(C)C. The van der Waals surface area contributed by atoms with E-state index < -0.39 is 61.7 Å². The fourth-order valence-electron chi connectivity index (χ4n) is 7.75. The Hall–Kier alpha value is -3.52. The monoisotopic (exact) mass is 734 g/mol.